The highest BCUT2D eigenvalue weighted by atomic mass is 32.1. The Morgan fingerprint density at radius 1 is 1.03 bits per heavy atom. The second-order valence-electron chi connectivity index (χ2n) is 7.51. The van der Waals surface area contributed by atoms with Crippen LogP contribution in [0.3, 0.4) is 0 Å². The number of amides is 2. The Hall–Kier alpha value is -3.78. The summed E-state index contributed by atoms with van der Waals surface area (Å²) in [7, 11) is 0. The molecule has 0 radical (unpaired) electrons. The van der Waals surface area contributed by atoms with Crippen LogP contribution in [0.1, 0.15) is 18.2 Å². The standard InChI is InChI=1S/C25H25N5O2S/c1-3-18-9-11-20(12-10-18)28-25(32)26-15-16-30-22(31)14-13-21(29-30)23-17(2)27-24(33-23)19-7-5-4-6-8-19/h4-14H,3,15-16H2,1-2H3,(H2,26,28,32). The molecule has 0 unspecified atom stereocenters. The van der Waals surface area contributed by atoms with Crippen LogP contribution in [0.4, 0.5) is 10.5 Å². The molecule has 4 rings (SSSR count). The number of carbonyl (C=O) groups is 1. The first-order chi connectivity index (χ1) is 16.0. The van der Waals surface area contributed by atoms with Crippen LogP contribution in [-0.2, 0) is 13.0 Å². The van der Waals surface area contributed by atoms with E-state index < -0.39 is 0 Å². The van der Waals surface area contributed by atoms with Gasteiger partial charge in [-0.15, -0.1) is 11.3 Å². The van der Waals surface area contributed by atoms with Gasteiger partial charge in [0.1, 0.15) is 10.7 Å². The molecule has 33 heavy (non-hydrogen) atoms. The maximum atomic E-state index is 12.3. The minimum absolute atomic E-state index is 0.221. The molecule has 0 saturated carbocycles. The first-order valence-electron chi connectivity index (χ1n) is 10.8. The number of rotatable bonds is 7. The average molecular weight is 460 g/mol. The van der Waals surface area contributed by atoms with Crippen molar-refractivity contribution < 1.29 is 4.79 Å². The fourth-order valence-corrected chi connectivity index (χ4v) is 4.38. The lowest BCUT2D eigenvalue weighted by Crippen LogP contribution is -2.34. The maximum Gasteiger partial charge on any atom is 0.319 e. The number of nitrogens with one attached hydrogen (secondary N) is 2. The van der Waals surface area contributed by atoms with E-state index in [-0.39, 0.29) is 24.7 Å². The van der Waals surface area contributed by atoms with Gasteiger partial charge in [0.2, 0.25) is 0 Å². The van der Waals surface area contributed by atoms with Crippen LogP contribution in [-0.4, -0.2) is 27.3 Å². The highest BCUT2D eigenvalue weighted by Crippen LogP contribution is 2.33. The quantitative estimate of drug-likeness (QED) is 0.418. The zero-order valence-electron chi connectivity index (χ0n) is 18.5. The van der Waals surface area contributed by atoms with Crippen LogP contribution in [0.5, 0.6) is 0 Å². The molecule has 0 fully saturated rings. The van der Waals surface area contributed by atoms with E-state index in [0.717, 1.165) is 33.3 Å². The molecule has 2 aromatic heterocycles. The summed E-state index contributed by atoms with van der Waals surface area (Å²) in [5, 5.41) is 11.0. The van der Waals surface area contributed by atoms with Gasteiger partial charge in [0.25, 0.3) is 5.56 Å². The lowest BCUT2D eigenvalue weighted by Gasteiger charge is -2.09. The van der Waals surface area contributed by atoms with Gasteiger partial charge in [-0.2, -0.15) is 5.10 Å². The number of benzene rings is 2. The van der Waals surface area contributed by atoms with Gasteiger partial charge in [0.05, 0.1) is 17.1 Å². The van der Waals surface area contributed by atoms with Gasteiger partial charge >= 0.3 is 6.03 Å². The summed E-state index contributed by atoms with van der Waals surface area (Å²) in [5.74, 6) is 0. The smallest absolute Gasteiger partial charge is 0.319 e. The van der Waals surface area contributed by atoms with Crippen LogP contribution in [0.25, 0.3) is 21.1 Å². The third-order valence-electron chi connectivity index (χ3n) is 5.15. The number of aromatic nitrogens is 3. The molecule has 0 saturated heterocycles. The number of hydrogen-bond donors (Lipinski definition) is 2. The Balaban J connectivity index is 1.41. The number of carbonyl (C=O) groups excluding carboxylic acids is 1. The molecule has 8 heteroatoms. The number of anilines is 1. The molecule has 0 aliphatic rings. The van der Waals surface area contributed by atoms with Crippen molar-refractivity contribution >= 4 is 23.1 Å². The van der Waals surface area contributed by atoms with Gasteiger partial charge in [-0.1, -0.05) is 49.4 Å². The number of nitrogens with zero attached hydrogens (tertiary/aromatic N) is 3. The molecule has 2 amide bonds. The van der Waals surface area contributed by atoms with Crippen LogP contribution in [0.15, 0.2) is 71.5 Å². The first-order valence-corrected chi connectivity index (χ1v) is 11.6. The van der Waals surface area contributed by atoms with Crippen molar-refractivity contribution in [3.8, 4) is 21.1 Å². The molecule has 0 bridgehead atoms. The van der Waals surface area contributed by atoms with Crippen LogP contribution < -0.4 is 16.2 Å². The lowest BCUT2D eigenvalue weighted by atomic mass is 10.1. The number of thiazole rings is 1. The van der Waals surface area contributed by atoms with Gasteiger partial charge in [-0.05, 0) is 37.1 Å². The van der Waals surface area contributed by atoms with Crippen molar-refractivity contribution in [1.82, 2.24) is 20.1 Å². The molecule has 2 N–H and O–H groups in total. The lowest BCUT2D eigenvalue weighted by molar-refractivity contribution is 0.251. The summed E-state index contributed by atoms with van der Waals surface area (Å²) < 4.78 is 1.37. The predicted octanol–water partition coefficient (Wildman–Crippen LogP) is 4.73. The maximum absolute atomic E-state index is 12.3. The topological polar surface area (TPSA) is 88.9 Å². The molecule has 0 aliphatic heterocycles. The molecular weight excluding hydrogens is 434 g/mol. The van der Waals surface area contributed by atoms with Crippen molar-refractivity contribution in [2.24, 2.45) is 0 Å². The zero-order valence-corrected chi connectivity index (χ0v) is 19.4. The highest BCUT2D eigenvalue weighted by molar-refractivity contribution is 7.18. The van der Waals surface area contributed by atoms with E-state index in [1.165, 1.54) is 16.3 Å². The Morgan fingerprint density at radius 2 is 1.79 bits per heavy atom. The molecule has 168 valence electrons. The van der Waals surface area contributed by atoms with Crippen LogP contribution >= 0.6 is 11.3 Å². The van der Waals surface area contributed by atoms with Gasteiger partial charge in [-0.3, -0.25) is 4.79 Å². The summed E-state index contributed by atoms with van der Waals surface area (Å²) in [6.07, 6.45) is 0.946. The van der Waals surface area contributed by atoms with Crippen LogP contribution in [0, 0.1) is 6.92 Å². The number of hydrogen-bond acceptors (Lipinski definition) is 5. The summed E-state index contributed by atoms with van der Waals surface area (Å²) >= 11 is 1.54. The minimum Gasteiger partial charge on any atom is -0.336 e. The van der Waals surface area contributed by atoms with Crippen molar-refractivity contribution in [2.75, 3.05) is 11.9 Å². The molecule has 7 nitrogen and oxygen atoms in total. The second-order valence-corrected chi connectivity index (χ2v) is 8.51. The van der Waals surface area contributed by atoms with Crippen molar-refractivity contribution in [2.45, 2.75) is 26.8 Å². The normalized spacial score (nSPS) is 10.7. The molecule has 0 spiro atoms. The zero-order chi connectivity index (χ0) is 23.2. The Labute approximate surface area is 196 Å². The molecule has 4 aromatic rings. The summed E-state index contributed by atoms with van der Waals surface area (Å²) in [6, 6.07) is 20.6. The molecule has 0 aliphatic carbocycles. The summed E-state index contributed by atoms with van der Waals surface area (Å²) in [6.45, 7) is 4.55. The van der Waals surface area contributed by atoms with E-state index >= 15 is 0 Å². The largest absolute Gasteiger partial charge is 0.336 e. The first kappa shape index (κ1) is 22.4. The SMILES string of the molecule is CCc1ccc(NC(=O)NCCn2nc(-c3sc(-c4ccccc4)nc3C)ccc2=O)cc1. The third kappa shape index (κ3) is 5.53. The Kier molecular flexibility index (Phi) is 6.95. The van der Waals surface area contributed by atoms with Crippen molar-refractivity contribution in [3.05, 3.63) is 88.3 Å². The highest BCUT2D eigenvalue weighted by Gasteiger charge is 2.13. The third-order valence-corrected chi connectivity index (χ3v) is 6.37. The van der Waals surface area contributed by atoms with E-state index in [9.17, 15) is 9.59 Å². The average Bonchev–Trinajstić information content (AvgIpc) is 3.23. The predicted molar refractivity (Wildman–Crippen MR) is 133 cm³/mol. The van der Waals surface area contributed by atoms with Gasteiger partial charge in [-0.25, -0.2) is 14.5 Å². The Bertz CT molecular complexity index is 1300. The van der Waals surface area contributed by atoms with E-state index in [4.69, 9.17) is 0 Å². The van der Waals surface area contributed by atoms with Gasteiger partial charge < -0.3 is 10.6 Å². The van der Waals surface area contributed by atoms with Crippen molar-refractivity contribution in [1.29, 1.82) is 0 Å². The van der Waals surface area contributed by atoms with Gasteiger partial charge in [0, 0.05) is 23.9 Å². The van der Waals surface area contributed by atoms with E-state index in [1.54, 1.807) is 17.4 Å². The summed E-state index contributed by atoms with van der Waals surface area (Å²) in [4.78, 5) is 30.1. The number of urea groups is 1. The van der Waals surface area contributed by atoms with E-state index in [2.05, 4.69) is 27.6 Å². The molecule has 0 atom stereocenters. The molecule has 2 heterocycles. The monoisotopic (exact) mass is 459 g/mol. The van der Waals surface area contributed by atoms with Gasteiger partial charge in [0.15, 0.2) is 0 Å². The molecular formula is C25H25N5O2S. The Morgan fingerprint density at radius 3 is 2.52 bits per heavy atom. The fourth-order valence-electron chi connectivity index (χ4n) is 3.34. The van der Waals surface area contributed by atoms with Crippen LogP contribution in [0.2, 0.25) is 0 Å². The fraction of sp³-hybridized carbons (Fsp3) is 0.200. The number of aryl methyl sites for hydroxylation is 2. The summed E-state index contributed by atoms with van der Waals surface area (Å²) in [5.41, 5.74) is 4.30. The van der Waals surface area contributed by atoms with E-state index in [1.807, 2.05) is 61.5 Å². The minimum atomic E-state index is -0.325. The molecule has 2 aromatic carbocycles. The van der Waals surface area contributed by atoms with E-state index in [0.29, 0.717) is 5.69 Å². The second kappa shape index (κ2) is 10.2. The van der Waals surface area contributed by atoms with Crippen molar-refractivity contribution in [3.63, 3.8) is 0 Å².